The zero-order chi connectivity index (χ0) is 13.9. The number of carbonyl (C=O) groups is 2. The highest BCUT2D eigenvalue weighted by Gasteiger charge is 2.25. The number of ether oxygens (including phenoxy) is 1. The lowest BCUT2D eigenvalue weighted by Gasteiger charge is -2.28. The van der Waals surface area contributed by atoms with Gasteiger partial charge in [-0.15, -0.1) is 11.3 Å². The highest BCUT2D eigenvalue weighted by atomic mass is 32.1. The van der Waals surface area contributed by atoms with Crippen molar-refractivity contribution in [3.63, 3.8) is 0 Å². The average molecular weight is 289 g/mol. The Labute approximate surface area is 119 Å². The summed E-state index contributed by atoms with van der Waals surface area (Å²) in [5.74, 6) is -0.110. The molecule has 0 saturated carbocycles. The molecule has 1 aromatic heterocycles. The highest BCUT2D eigenvalue weighted by molar-refractivity contribution is 7.13. The molecule has 0 saturated heterocycles. The van der Waals surface area contributed by atoms with Crippen LogP contribution in [0.15, 0.2) is 35.8 Å². The van der Waals surface area contributed by atoms with E-state index in [9.17, 15) is 9.59 Å². The Morgan fingerprint density at radius 3 is 3.10 bits per heavy atom. The number of thiazole rings is 1. The van der Waals surface area contributed by atoms with Gasteiger partial charge in [0, 0.05) is 11.6 Å². The molecule has 0 radical (unpaired) electrons. The van der Waals surface area contributed by atoms with Gasteiger partial charge in [0.25, 0.3) is 0 Å². The van der Waals surface area contributed by atoms with Crippen LogP contribution in [0.25, 0.3) is 0 Å². The molecule has 0 aliphatic carbocycles. The minimum Gasteiger partial charge on any atom is -0.423 e. The smallest absolute Gasteiger partial charge is 0.331 e. The molecule has 2 aromatic rings. The number of aromatic nitrogens is 1. The van der Waals surface area contributed by atoms with Crippen molar-refractivity contribution in [3.8, 4) is 5.75 Å². The van der Waals surface area contributed by atoms with Crippen LogP contribution in [-0.2, 0) is 9.59 Å². The normalized spacial score (nSPS) is 13.6. The van der Waals surface area contributed by atoms with E-state index in [1.54, 1.807) is 28.6 Å². The number of para-hydroxylation sites is 2. The highest BCUT2D eigenvalue weighted by Crippen LogP contribution is 2.31. The Kier molecular flexibility index (Phi) is 3.34. The topological polar surface area (TPSA) is 71.5 Å². The van der Waals surface area contributed by atoms with Crippen LogP contribution in [0.4, 0.5) is 10.8 Å². The van der Waals surface area contributed by atoms with Gasteiger partial charge in [0.2, 0.25) is 5.91 Å². The maximum absolute atomic E-state index is 12.0. The first-order valence-electron chi connectivity index (χ1n) is 5.96. The number of anilines is 2. The second-order valence-corrected chi connectivity index (χ2v) is 5.08. The summed E-state index contributed by atoms with van der Waals surface area (Å²) in [6.45, 7) is 0.133. The summed E-state index contributed by atoms with van der Waals surface area (Å²) >= 11 is 1.35. The predicted molar refractivity (Wildman–Crippen MR) is 75.0 cm³/mol. The largest absolute Gasteiger partial charge is 0.423 e. The molecule has 0 unspecified atom stereocenters. The van der Waals surface area contributed by atoms with Crippen LogP contribution >= 0.6 is 11.3 Å². The Bertz CT molecular complexity index is 642. The monoisotopic (exact) mass is 289 g/mol. The first-order valence-corrected chi connectivity index (χ1v) is 6.84. The second-order valence-electron chi connectivity index (χ2n) is 4.18. The zero-order valence-corrected chi connectivity index (χ0v) is 11.2. The maximum Gasteiger partial charge on any atom is 0.331 e. The van der Waals surface area contributed by atoms with Crippen molar-refractivity contribution in [3.05, 3.63) is 35.8 Å². The lowest BCUT2D eigenvalue weighted by molar-refractivity contribution is -0.133. The van der Waals surface area contributed by atoms with E-state index in [-0.39, 0.29) is 25.0 Å². The lowest BCUT2D eigenvalue weighted by atomic mass is 10.2. The van der Waals surface area contributed by atoms with Crippen LogP contribution in [0.5, 0.6) is 5.75 Å². The molecule has 0 atom stereocenters. The molecule has 0 bridgehead atoms. The van der Waals surface area contributed by atoms with Gasteiger partial charge in [0.15, 0.2) is 10.9 Å². The van der Waals surface area contributed by atoms with Gasteiger partial charge in [0.1, 0.15) is 6.54 Å². The van der Waals surface area contributed by atoms with Gasteiger partial charge in [0.05, 0.1) is 12.2 Å². The summed E-state index contributed by atoms with van der Waals surface area (Å²) in [6.07, 6.45) is 1.62. The van der Waals surface area contributed by atoms with Gasteiger partial charge in [-0.2, -0.15) is 0 Å². The standard InChI is InChI=1S/C13H11N3O3S/c17-11(15-13-14-5-6-20-13)7-16-8-12(18)19-10-4-2-1-3-9(10)16/h1-6H,7-8H2,(H,14,15,17). The number of rotatable bonds is 3. The van der Waals surface area contributed by atoms with Gasteiger partial charge >= 0.3 is 5.97 Å². The molecule has 1 aromatic carbocycles. The number of hydrogen-bond donors (Lipinski definition) is 1. The first-order chi connectivity index (χ1) is 9.72. The number of fused-ring (bicyclic) bond motifs is 1. The zero-order valence-electron chi connectivity index (χ0n) is 10.4. The van der Waals surface area contributed by atoms with Crippen LogP contribution in [0, 0.1) is 0 Å². The summed E-state index contributed by atoms with van der Waals surface area (Å²) < 4.78 is 5.13. The number of nitrogens with zero attached hydrogens (tertiary/aromatic N) is 2. The molecular formula is C13H11N3O3S. The predicted octanol–water partition coefficient (Wildman–Crippen LogP) is 1.51. The molecule has 3 rings (SSSR count). The number of hydrogen-bond acceptors (Lipinski definition) is 6. The van der Waals surface area contributed by atoms with Gasteiger partial charge in [-0.3, -0.25) is 4.79 Å². The quantitative estimate of drug-likeness (QED) is 0.685. The van der Waals surface area contributed by atoms with Crippen molar-refractivity contribution in [2.75, 3.05) is 23.3 Å². The van der Waals surface area contributed by atoms with Crippen molar-refractivity contribution < 1.29 is 14.3 Å². The molecule has 6 nitrogen and oxygen atoms in total. The van der Waals surface area contributed by atoms with Gasteiger partial charge in [-0.25, -0.2) is 9.78 Å². The third-order valence-corrected chi connectivity index (χ3v) is 3.45. The molecule has 7 heteroatoms. The van der Waals surface area contributed by atoms with E-state index in [0.29, 0.717) is 10.9 Å². The van der Waals surface area contributed by atoms with Crippen molar-refractivity contribution >= 4 is 34.0 Å². The Morgan fingerprint density at radius 1 is 1.45 bits per heavy atom. The molecule has 1 aliphatic rings. The maximum atomic E-state index is 12.0. The van der Waals surface area contributed by atoms with Crippen molar-refractivity contribution in [2.24, 2.45) is 0 Å². The molecule has 0 fully saturated rings. The van der Waals surface area contributed by atoms with Crippen molar-refractivity contribution in [2.45, 2.75) is 0 Å². The fraction of sp³-hybridized carbons (Fsp3) is 0.154. The molecule has 102 valence electrons. The fourth-order valence-corrected chi connectivity index (χ4v) is 2.50. The molecule has 2 heterocycles. The van der Waals surface area contributed by atoms with Crippen LogP contribution in [0.2, 0.25) is 0 Å². The summed E-state index contributed by atoms with van der Waals surface area (Å²) in [7, 11) is 0. The van der Waals surface area contributed by atoms with Gasteiger partial charge < -0.3 is 15.0 Å². The van der Waals surface area contributed by atoms with Crippen molar-refractivity contribution in [1.29, 1.82) is 0 Å². The summed E-state index contributed by atoms with van der Waals surface area (Å²) in [6, 6.07) is 7.14. The van der Waals surface area contributed by atoms with Crippen LogP contribution in [0.1, 0.15) is 0 Å². The first kappa shape index (κ1) is 12.6. The number of amides is 1. The minimum atomic E-state index is -0.370. The number of benzene rings is 1. The van der Waals surface area contributed by atoms with E-state index in [4.69, 9.17) is 4.74 Å². The van der Waals surface area contributed by atoms with E-state index in [1.807, 2.05) is 12.1 Å². The summed E-state index contributed by atoms with van der Waals surface area (Å²) in [5, 5.41) is 5.01. The van der Waals surface area contributed by atoms with Crippen LogP contribution in [0.3, 0.4) is 0 Å². The van der Waals surface area contributed by atoms with E-state index < -0.39 is 0 Å². The third-order valence-electron chi connectivity index (χ3n) is 2.76. The van der Waals surface area contributed by atoms with E-state index in [0.717, 1.165) is 5.69 Å². The Balaban J connectivity index is 1.74. The molecule has 20 heavy (non-hydrogen) atoms. The Hall–Kier alpha value is -2.41. The fourth-order valence-electron chi connectivity index (χ4n) is 1.96. The van der Waals surface area contributed by atoms with Gasteiger partial charge in [-0.1, -0.05) is 12.1 Å². The summed E-state index contributed by atoms with van der Waals surface area (Å²) in [4.78, 5) is 29.2. The minimum absolute atomic E-state index is 0.0578. The Morgan fingerprint density at radius 2 is 2.30 bits per heavy atom. The molecule has 0 spiro atoms. The summed E-state index contributed by atoms with van der Waals surface area (Å²) in [5.41, 5.74) is 0.737. The molecular weight excluding hydrogens is 278 g/mol. The number of carbonyl (C=O) groups excluding carboxylic acids is 2. The lowest BCUT2D eigenvalue weighted by Crippen LogP contribution is -2.41. The number of esters is 1. The molecule has 1 aliphatic heterocycles. The van der Waals surface area contributed by atoms with Gasteiger partial charge in [-0.05, 0) is 12.1 Å². The molecule has 1 amide bonds. The van der Waals surface area contributed by atoms with E-state index in [2.05, 4.69) is 10.3 Å². The number of nitrogens with one attached hydrogen (secondary N) is 1. The average Bonchev–Trinajstić information content (AvgIpc) is 2.91. The van der Waals surface area contributed by atoms with E-state index in [1.165, 1.54) is 11.3 Å². The van der Waals surface area contributed by atoms with Crippen LogP contribution in [-0.4, -0.2) is 29.9 Å². The van der Waals surface area contributed by atoms with Crippen LogP contribution < -0.4 is 15.0 Å². The van der Waals surface area contributed by atoms with Crippen molar-refractivity contribution in [1.82, 2.24) is 4.98 Å². The third kappa shape index (κ3) is 2.62. The molecule has 1 N–H and O–H groups in total. The second kappa shape index (κ2) is 5.30. The SMILES string of the molecule is O=C(CN1CC(=O)Oc2ccccc21)Nc1nccs1. The van der Waals surface area contributed by atoms with E-state index >= 15 is 0 Å².